The number of aryl methyl sites for hydroxylation is 1. The van der Waals surface area contributed by atoms with Crippen molar-refractivity contribution in [2.24, 2.45) is 0 Å². The van der Waals surface area contributed by atoms with Gasteiger partial charge in [-0.2, -0.15) is 0 Å². The summed E-state index contributed by atoms with van der Waals surface area (Å²) in [6, 6.07) is 19.1. The number of H-pyrrole nitrogens is 1. The summed E-state index contributed by atoms with van der Waals surface area (Å²) in [5.41, 5.74) is 5.36. The molecule has 2 aromatic carbocycles. The number of fused-ring (bicyclic) bond motifs is 1. The molecule has 1 unspecified atom stereocenters. The molecule has 5 rings (SSSR count). The molecule has 30 heavy (non-hydrogen) atoms. The van der Waals surface area contributed by atoms with Gasteiger partial charge in [-0.3, -0.25) is 9.78 Å². The minimum absolute atomic E-state index is 0.0593. The summed E-state index contributed by atoms with van der Waals surface area (Å²) < 4.78 is 0.684. The number of nitrogens with one attached hydrogen (secondary N) is 1. The lowest BCUT2D eigenvalue weighted by Crippen LogP contribution is -2.52. The van der Waals surface area contributed by atoms with Gasteiger partial charge in [-0.15, -0.1) is 11.3 Å². The summed E-state index contributed by atoms with van der Waals surface area (Å²) in [6.45, 7) is 6.87. The Morgan fingerprint density at radius 2 is 1.93 bits per heavy atom. The van der Waals surface area contributed by atoms with Crippen LogP contribution < -0.4 is 15.4 Å². The van der Waals surface area contributed by atoms with Gasteiger partial charge in [0.05, 0.1) is 5.52 Å². The SMILES string of the molecule is Cc1cccc(N2CCN(c3nc4c(-c5ccccc5)csc4c(=O)[nH]3)CC2C)c1. The zero-order chi connectivity index (χ0) is 20.7. The zero-order valence-electron chi connectivity index (χ0n) is 17.1. The molecule has 1 aliphatic heterocycles. The maximum absolute atomic E-state index is 12.8. The average Bonchev–Trinajstić information content (AvgIpc) is 3.19. The number of hydrogen-bond acceptors (Lipinski definition) is 5. The Bertz CT molecular complexity index is 1250. The quantitative estimate of drug-likeness (QED) is 0.527. The van der Waals surface area contributed by atoms with Gasteiger partial charge in [0.15, 0.2) is 0 Å². The average molecular weight is 417 g/mol. The predicted octanol–water partition coefficient (Wildman–Crippen LogP) is 4.68. The van der Waals surface area contributed by atoms with Gasteiger partial charge in [-0.25, -0.2) is 4.98 Å². The maximum Gasteiger partial charge on any atom is 0.270 e. The van der Waals surface area contributed by atoms with Crippen LogP contribution in [-0.4, -0.2) is 35.6 Å². The van der Waals surface area contributed by atoms with Gasteiger partial charge >= 0.3 is 0 Å². The van der Waals surface area contributed by atoms with Gasteiger partial charge in [0.25, 0.3) is 5.56 Å². The third kappa shape index (κ3) is 3.37. The Balaban J connectivity index is 1.46. The summed E-state index contributed by atoms with van der Waals surface area (Å²) in [6.07, 6.45) is 0. The van der Waals surface area contributed by atoms with Crippen molar-refractivity contribution in [1.82, 2.24) is 9.97 Å². The minimum Gasteiger partial charge on any atom is -0.365 e. The highest BCUT2D eigenvalue weighted by atomic mass is 32.1. The number of piperazine rings is 1. The van der Waals surface area contributed by atoms with E-state index in [1.165, 1.54) is 22.6 Å². The fourth-order valence-corrected chi connectivity index (χ4v) is 5.14. The lowest BCUT2D eigenvalue weighted by Gasteiger charge is -2.41. The monoisotopic (exact) mass is 416 g/mol. The van der Waals surface area contributed by atoms with E-state index in [-0.39, 0.29) is 5.56 Å². The van der Waals surface area contributed by atoms with Gasteiger partial charge in [-0.05, 0) is 37.1 Å². The first-order valence-corrected chi connectivity index (χ1v) is 11.1. The van der Waals surface area contributed by atoms with Crippen LogP contribution in [0.15, 0.2) is 64.8 Å². The van der Waals surface area contributed by atoms with Gasteiger partial charge in [-0.1, -0.05) is 42.5 Å². The van der Waals surface area contributed by atoms with Crippen LogP contribution in [0.5, 0.6) is 0 Å². The second-order valence-corrected chi connectivity index (χ2v) is 8.79. The second kappa shape index (κ2) is 7.61. The first-order valence-electron chi connectivity index (χ1n) is 10.3. The molecule has 0 amide bonds. The normalized spacial score (nSPS) is 16.9. The Morgan fingerprint density at radius 3 is 2.70 bits per heavy atom. The Hall–Kier alpha value is -3.12. The van der Waals surface area contributed by atoms with Gasteiger partial charge < -0.3 is 9.80 Å². The van der Waals surface area contributed by atoms with E-state index in [1.54, 1.807) is 0 Å². The molecule has 2 aromatic heterocycles. The van der Waals surface area contributed by atoms with Crippen LogP contribution in [0.3, 0.4) is 0 Å². The van der Waals surface area contributed by atoms with Crippen LogP contribution in [-0.2, 0) is 0 Å². The first kappa shape index (κ1) is 18.9. The highest BCUT2D eigenvalue weighted by Gasteiger charge is 2.26. The van der Waals surface area contributed by atoms with Crippen molar-refractivity contribution in [1.29, 1.82) is 0 Å². The highest BCUT2D eigenvalue weighted by Crippen LogP contribution is 2.32. The summed E-state index contributed by atoms with van der Waals surface area (Å²) in [5, 5.41) is 2.03. The fraction of sp³-hybridized carbons (Fsp3) is 0.250. The number of nitrogens with zero attached hydrogens (tertiary/aromatic N) is 3. The number of aromatic amines is 1. The van der Waals surface area contributed by atoms with Crippen molar-refractivity contribution in [3.05, 3.63) is 75.9 Å². The van der Waals surface area contributed by atoms with Gasteiger partial charge in [0.2, 0.25) is 5.95 Å². The number of rotatable bonds is 3. The topological polar surface area (TPSA) is 52.2 Å². The van der Waals surface area contributed by atoms with Crippen LogP contribution in [0.1, 0.15) is 12.5 Å². The molecule has 0 bridgehead atoms. The zero-order valence-corrected chi connectivity index (χ0v) is 17.9. The highest BCUT2D eigenvalue weighted by molar-refractivity contribution is 7.17. The summed E-state index contributed by atoms with van der Waals surface area (Å²) in [5.74, 6) is 0.666. The van der Waals surface area contributed by atoms with Crippen molar-refractivity contribution in [2.75, 3.05) is 29.4 Å². The van der Waals surface area contributed by atoms with E-state index in [2.05, 4.69) is 65.0 Å². The van der Waals surface area contributed by atoms with Gasteiger partial charge in [0.1, 0.15) is 4.70 Å². The predicted molar refractivity (Wildman–Crippen MR) is 126 cm³/mol. The Kier molecular flexibility index (Phi) is 4.79. The molecule has 0 radical (unpaired) electrons. The Morgan fingerprint density at radius 1 is 1.10 bits per heavy atom. The molecule has 0 saturated carbocycles. The third-order valence-corrected chi connectivity index (χ3v) is 6.73. The van der Waals surface area contributed by atoms with Crippen molar-refractivity contribution < 1.29 is 0 Å². The minimum atomic E-state index is -0.0593. The van der Waals surface area contributed by atoms with E-state index in [1.807, 2.05) is 23.6 Å². The standard InChI is InChI=1S/C24H24N4OS/c1-16-7-6-10-19(13-16)28-12-11-27(14-17(28)2)24-25-21-20(18-8-4-3-5-9-18)15-30-22(21)23(29)26-24/h3-10,13,15,17H,11-12,14H2,1-2H3,(H,25,26,29). The Labute approximate surface area is 179 Å². The molecule has 0 spiro atoms. The molecule has 1 aliphatic rings. The molecule has 0 aliphatic carbocycles. The molecule has 3 heterocycles. The van der Waals surface area contributed by atoms with E-state index in [0.717, 1.165) is 36.3 Å². The largest absolute Gasteiger partial charge is 0.365 e. The molecular formula is C24H24N4OS. The number of anilines is 2. The summed E-state index contributed by atoms with van der Waals surface area (Å²) in [4.78, 5) is 25.3. The summed E-state index contributed by atoms with van der Waals surface area (Å²) in [7, 11) is 0. The number of aromatic nitrogens is 2. The third-order valence-electron chi connectivity index (χ3n) is 5.76. The molecule has 152 valence electrons. The molecular weight excluding hydrogens is 392 g/mol. The van der Waals surface area contributed by atoms with Crippen molar-refractivity contribution in [2.45, 2.75) is 19.9 Å². The molecule has 6 heteroatoms. The van der Waals surface area contributed by atoms with Crippen LogP contribution in [0.25, 0.3) is 21.3 Å². The molecule has 1 N–H and O–H groups in total. The smallest absolute Gasteiger partial charge is 0.270 e. The molecule has 1 saturated heterocycles. The van der Waals surface area contributed by atoms with Crippen LogP contribution >= 0.6 is 11.3 Å². The van der Waals surface area contributed by atoms with Crippen LogP contribution in [0.4, 0.5) is 11.6 Å². The molecule has 5 nitrogen and oxygen atoms in total. The van der Waals surface area contributed by atoms with Crippen molar-refractivity contribution in [3.8, 4) is 11.1 Å². The van der Waals surface area contributed by atoms with Crippen molar-refractivity contribution in [3.63, 3.8) is 0 Å². The van der Waals surface area contributed by atoms with E-state index >= 15 is 0 Å². The number of hydrogen-bond donors (Lipinski definition) is 1. The van der Waals surface area contributed by atoms with Gasteiger partial charge in [0, 0.05) is 42.3 Å². The molecule has 4 aromatic rings. The van der Waals surface area contributed by atoms with E-state index < -0.39 is 0 Å². The number of thiophene rings is 1. The lowest BCUT2D eigenvalue weighted by atomic mass is 10.1. The van der Waals surface area contributed by atoms with Crippen LogP contribution in [0, 0.1) is 6.92 Å². The summed E-state index contributed by atoms with van der Waals surface area (Å²) >= 11 is 1.46. The first-order chi connectivity index (χ1) is 14.6. The van der Waals surface area contributed by atoms with Crippen molar-refractivity contribution >= 4 is 33.2 Å². The lowest BCUT2D eigenvalue weighted by molar-refractivity contribution is 0.543. The van der Waals surface area contributed by atoms with E-state index in [9.17, 15) is 4.79 Å². The molecule has 1 fully saturated rings. The fourth-order valence-electron chi connectivity index (χ4n) is 4.23. The molecule has 1 atom stereocenters. The maximum atomic E-state index is 12.8. The van der Waals surface area contributed by atoms with E-state index in [4.69, 9.17) is 4.98 Å². The van der Waals surface area contributed by atoms with Crippen LogP contribution in [0.2, 0.25) is 0 Å². The number of benzene rings is 2. The van der Waals surface area contributed by atoms with E-state index in [0.29, 0.717) is 16.7 Å². The second-order valence-electron chi connectivity index (χ2n) is 7.91.